The highest BCUT2D eigenvalue weighted by Crippen LogP contribution is 2.12. The van der Waals surface area contributed by atoms with Crippen molar-refractivity contribution in [3.8, 4) is 0 Å². The minimum atomic E-state index is -0.435. The highest BCUT2D eigenvalue weighted by atomic mass is 16.4. The molecule has 1 aromatic carbocycles. The minimum absolute atomic E-state index is 0.0230. The Bertz CT molecular complexity index is 501. The molecule has 1 heterocycles. The van der Waals surface area contributed by atoms with E-state index in [1.54, 1.807) is 6.07 Å². The third-order valence-corrected chi connectivity index (χ3v) is 2.19. The summed E-state index contributed by atoms with van der Waals surface area (Å²) in [6.45, 7) is 0.675. The van der Waals surface area contributed by atoms with Gasteiger partial charge in [-0.3, -0.25) is 10.3 Å². The third kappa shape index (κ3) is 2.26. The van der Waals surface area contributed by atoms with Crippen molar-refractivity contribution in [2.75, 3.05) is 13.3 Å². The molecule has 0 aliphatic carbocycles. The number of aliphatic hydroxyl groups excluding tert-OH is 1. The summed E-state index contributed by atoms with van der Waals surface area (Å²) in [4.78, 5) is 13.5. The number of aromatic nitrogens is 1. The van der Waals surface area contributed by atoms with E-state index in [-0.39, 0.29) is 6.73 Å². The molecule has 3 N–H and O–H groups in total. The number of hydrogen-bond donors (Lipinski definition) is 3. The molecule has 2 rings (SSSR count). The zero-order valence-corrected chi connectivity index (χ0v) is 8.12. The van der Waals surface area contributed by atoms with Gasteiger partial charge in [0.1, 0.15) is 0 Å². The van der Waals surface area contributed by atoms with Gasteiger partial charge in [0.05, 0.1) is 12.2 Å². The van der Waals surface area contributed by atoms with Crippen molar-refractivity contribution in [1.82, 2.24) is 10.3 Å². The molecule has 1 aromatic heterocycles. The number of H-pyrrole nitrogens is 1. The van der Waals surface area contributed by atoms with Crippen LogP contribution in [0.25, 0.3) is 11.1 Å². The molecule has 0 saturated carbocycles. The minimum Gasteiger partial charge on any atom is -0.408 e. The highest BCUT2D eigenvalue weighted by Gasteiger charge is 2.01. The molecule has 0 bridgehead atoms. The molecule has 0 unspecified atom stereocenters. The Morgan fingerprint density at radius 2 is 2.33 bits per heavy atom. The monoisotopic (exact) mass is 208 g/mol. The smallest absolute Gasteiger partial charge is 0.408 e. The van der Waals surface area contributed by atoms with E-state index in [1.165, 1.54) is 0 Å². The molecule has 5 heteroatoms. The number of aromatic amines is 1. The molecule has 5 nitrogen and oxygen atoms in total. The first-order chi connectivity index (χ1) is 7.29. The number of hydrogen-bond acceptors (Lipinski definition) is 4. The molecule has 0 aliphatic heterocycles. The molecule has 0 atom stereocenters. The lowest BCUT2D eigenvalue weighted by atomic mass is 10.1. The summed E-state index contributed by atoms with van der Waals surface area (Å²) in [7, 11) is 0. The van der Waals surface area contributed by atoms with E-state index in [9.17, 15) is 4.79 Å². The third-order valence-electron chi connectivity index (χ3n) is 2.19. The van der Waals surface area contributed by atoms with Crippen LogP contribution >= 0.6 is 0 Å². The van der Waals surface area contributed by atoms with E-state index in [4.69, 9.17) is 9.52 Å². The van der Waals surface area contributed by atoms with Crippen LogP contribution in [-0.4, -0.2) is 23.4 Å². The van der Waals surface area contributed by atoms with Crippen LogP contribution in [0, 0.1) is 0 Å². The van der Waals surface area contributed by atoms with Crippen LogP contribution in [-0.2, 0) is 6.42 Å². The number of benzene rings is 1. The number of oxazole rings is 1. The standard InChI is InChI=1S/C10H12N2O3/c13-6-11-4-3-7-1-2-9-8(5-7)12-10(14)15-9/h1-2,5,11,13H,3-4,6H2,(H,12,14). The maximum Gasteiger partial charge on any atom is 0.417 e. The van der Waals surface area contributed by atoms with E-state index in [0.717, 1.165) is 12.0 Å². The van der Waals surface area contributed by atoms with E-state index in [1.807, 2.05) is 12.1 Å². The Hall–Kier alpha value is -1.59. The van der Waals surface area contributed by atoms with E-state index in [2.05, 4.69) is 10.3 Å². The molecule has 2 aromatic rings. The Morgan fingerprint density at radius 3 is 3.13 bits per heavy atom. The normalized spacial score (nSPS) is 11.0. The number of nitrogens with one attached hydrogen (secondary N) is 2. The predicted molar refractivity (Wildman–Crippen MR) is 55.6 cm³/mol. The Kier molecular flexibility index (Phi) is 2.84. The van der Waals surface area contributed by atoms with Crippen molar-refractivity contribution in [3.63, 3.8) is 0 Å². The van der Waals surface area contributed by atoms with E-state index in [0.29, 0.717) is 17.6 Å². The molecule has 0 aliphatic rings. The van der Waals surface area contributed by atoms with Gasteiger partial charge in [0.15, 0.2) is 5.58 Å². The number of aliphatic hydroxyl groups is 1. The second kappa shape index (κ2) is 4.29. The SMILES string of the molecule is O=c1[nH]c2cc(CCNCO)ccc2o1. The molecular formula is C10H12N2O3. The fourth-order valence-corrected chi connectivity index (χ4v) is 1.47. The number of rotatable bonds is 4. The second-order valence-electron chi connectivity index (χ2n) is 3.25. The van der Waals surface area contributed by atoms with Crippen LogP contribution in [0.1, 0.15) is 5.56 Å². The topological polar surface area (TPSA) is 78.3 Å². The highest BCUT2D eigenvalue weighted by molar-refractivity contribution is 5.72. The molecule has 0 amide bonds. The summed E-state index contributed by atoms with van der Waals surface area (Å²) < 4.78 is 4.88. The van der Waals surface area contributed by atoms with Crippen LogP contribution in [0.2, 0.25) is 0 Å². The Labute approximate surface area is 85.7 Å². The fraction of sp³-hybridized carbons (Fsp3) is 0.300. The van der Waals surface area contributed by atoms with Crippen molar-refractivity contribution < 1.29 is 9.52 Å². The van der Waals surface area contributed by atoms with Gasteiger partial charge in [0, 0.05) is 6.54 Å². The summed E-state index contributed by atoms with van der Waals surface area (Å²) in [6, 6.07) is 5.54. The molecule has 0 spiro atoms. The van der Waals surface area contributed by atoms with Crippen molar-refractivity contribution in [2.45, 2.75) is 6.42 Å². The molecule has 0 fully saturated rings. The first-order valence-corrected chi connectivity index (χ1v) is 4.73. The lowest BCUT2D eigenvalue weighted by Crippen LogP contribution is -2.17. The fourth-order valence-electron chi connectivity index (χ4n) is 1.47. The van der Waals surface area contributed by atoms with Gasteiger partial charge in [-0.2, -0.15) is 0 Å². The summed E-state index contributed by atoms with van der Waals surface area (Å²) in [5.41, 5.74) is 2.36. The first-order valence-electron chi connectivity index (χ1n) is 4.73. The van der Waals surface area contributed by atoms with Gasteiger partial charge in [-0.1, -0.05) is 6.07 Å². The maximum atomic E-state index is 10.9. The zero-order valence-electron chi connectivity index (χ0n) is 8.12. The van der Waals surface area contributed by atoms with Crippen LogP contribution in [0.4, 0.5) is 0 Å². The molecule has 0 radical (unpaired) electrons. The summed E-state index contributed by atoms with van der Waals surface area (Å²) in [6.07, 6.45) is 0.795. The van der Waals surface area contributed by atoms with Crippen molar-refractivity contribution >= 4 is 11.1 Å². The quantitative estimate of drug-likeness (QED) is 0.495. The zero-order chi connectivity index (χ0) is 10.7. The van der Waals surface area contributed by atoms with Crippen LogP contribution in [0.15, 0.2) is 27.4 Å². The van der Waals surface area contributed by atoms with Crippen LogP contribution in [0.5, 0.6) is 0 Å². The lowest BCUT2D eigenvalue weighted by Gasteiger charge is -2.01. The predicted octanol–water partition coefficient (Wildman–Crippen LogP) is 0.203. The van der Waals surface area contributed by atoms with Gasteiger partial charge in [-0.25, -0.2) is 4.79 Å². The summed E-state index contributed by atoms with van der Waals surface area (Å²) in [5, 5.41) is 11.4. The molecular weight excluding hydrogens is 196 g/mol. The van der Waals surface area contributed by atoms with E-state index < -0.39 is 5.76 Å². The van der Waals surface area contributed by atoms with Crippen molar-refractivity contribution in [2.24, 2.45) is 0 Å². The van der Waals surface area contributed by atoms with Gasteiger partial charge in [0.25, 0.3) is 0 Å². The number of fused-ring (bicyclic) bond motifs is 1. The Balaban J connectivity index is 2.19. The molecule has 15 heavy (non-hydrogen) atoms. The van der Waals surface area contributed by atoms with E-state index >= 15 is 0 Å². The van der Waals surface area contributed by atoms with Gasteiger partial charge in [-0.15, -0.1) is 0 Å². The largest absolute Gasteiger partial charge is 0.417 e. The van der Waals surface area contributed by atoms with Crippen molar-refractivity contribution in [1.29, 1.82) is 0 Å². The molecule has 80 valence electrons. The summed E-state index contributed by atoms with van der Waals surface area (Å²) >= 11 is 0. The van der Waals surface area contributed by atoms with Crippen LogP contribution < -0.4 is 11.1 Å². The Morgan fingerprint density at radius 1 is 1.47 bits per heavy atom. The van der Waals surface area contributed by atoms with Gasteiger partial charge in [-0.05, 0) is 24.1 Å². The van der Waals surface area contributed by atoms with Gasteiger partial charge >= 0.3 is 5.76 Å². The second-order valence-corrected chi connectivity index (χ2v) is 3.25. The van der Waals surface area contributed by atoms with Crippen LogP contribution in [0.3, 0.4) is 0 Å². The molecule has 0 saturated heterocycles. The van der Waals surface area contributed by atoms with Crippen molar-refractivity contribution in [3.05, 3.63) is 34.3 Å². The average Bonchev–Trinajstić information content (AvgIpc) is 2.57. The van der Waals surface area contributed by atoms with Gasteiger partial charge < -0.3 is 9.52 Å². The summed E-state index contributed by atoms with van der Waals surface area (Å²) in [5.74, 6) is -0.435. The lowest BCUT2D eigenvalue weighted by molar-refractivity contribution is 0.262. The average molecular weight is 208 g/mol. The maximum absolute atomic E-state index is 10.9. The first kappa shape index (κ1) is 9.95. The van der Waals surface area contributed by atoms with Gasteiger partial charge in [0.2, 0.25) is 0 Å².